The average Bonchev–Trinajstić information content (AvgIpc) is 2.99. The molecule has 1 aliphatic carbocycles. The van der Waals surface area contributed by atoms with Crippen molar-refractivity contribution in [1.82, 2.24) is 0 Å². The lowest BCUT2D eigenvalue weighted by Crippen LogP contribution is -2.10. The zero-order valence-electron chi connectivity index (χ0n) is 10.5. The highest BCUT2D eigenvalue weighted by Gasteiger charge is 2.18. The van der Waals surface area contributed by atoms with E-state index in [2.05, 4.69) is 5.32 Å². The van der Waals surface area contributed by atoms with Crippen molar-refractivity contribution >= 4 is 22.9 Å². The van der Waals surface area contributed by atoms with Gasteiger partial charge in [-0.1, -0.05) is 12.1 Å². The number of anilines is 1. The van der Waals surface area contributed by atoms with Gasteiger partial charge in [0.2, 0.25) is 0 Å². The summed E-state index contributed by atoms with van der Waals surface area (Å²) in [5.41, 5.74) is 2.86. The molecule has 0 aliphatic heterocycles. The van der Waals surface area contributed by atoms with E-state index in [0.717, 1.165) is 29.0 Å². The Kier molecular flexibility index (Phi) is 3.36. The zero-order chi connectivity index (χ0) is 13.2. The highest BCUT2D eigenvalue weighted by molar-refractivity contribution is 7.14. The van der Waals surface area contributed by atoms with Crippen LogP contribution in [0, 0.1) is 0 Å². The molecule has 1 aromatic heterocycles. The highest BCUT2D eigenvalue weighted by Crippen LogP contribution is 2.31. The smallest absolute Gasteiger partial charge is 0.265 e. The molecule has 1 amide bonds. The van der Waals surface area contributed by atoms with Crippen LogP contribution >= 0.6 is 11.3 Å². The number of hydrogen-bond donors (Lipinski definition) is 2. The number of fused-ring (bicyclic) bond motifs is 1. The monoisotopic (exact) mass is 273 g/mol. The number of rotatable bonds is 3. The van der Waals surface area contributed by atoms with E-state index in [9.17, 15) is 4.79 Å². The van der Waals surface area contributed by atoms with Crippen molar-refractivity contribution in [1.29, 1.82) is 0 Å². The maximum absolute atomic E-state index is 12.2. The SMILES string of the molecule is O=C(Nc1cccc(CO)c1)c1cc2c(s1)CCC2. The third-order valence-corrected chi connectivity index (χ3v) is 4.57. The van der Waals surface area contributed by atoms with Crippen LogP contribution in [0.1, 0.15) is 32.1 Å². The molecule has 2 aromatic rings. The van der Waals surface area contributed by atoms with E-state index >= 15 is 0 Å². The third-order valence-electron chi connectivity index (χ3n) is 3.34. The number of aliphatic hydroxyl groups is 1. The van der Waals surface area contributed by atoms with Crippen molar-refractivity contribution in [3.8, 4) is 0 Å². The van der Waals surface area contributed by atoms with Gasteiger partial charge >= 0.3 is 0 Å². The van der Waals surface area contributed by atoms with Gasteiger partial charge in [0, 0.05) is 10.6 Å². The summed E-state index contributed by atoms with van der Waals surface area (Å²) in [5, 5.41) is 12.0. The Balaban J connectivity index is 1.76. The summed E-state index contributed by atoms with van der Waals surface area (Å²) in [5.74, 6) is -0.0607. The minimum Gasteiger partial charge on any atom is -0.392 e. The van der Waals surface area contributed by atoms with Crippen LogP contribution in [-0.2, 0) is 19.4 Å². The van der Waals surface area contributed by atoms with Crippen LogP contribution in [0.25, 0.3) is 0 Å². The number of thiophene rings is 1. The van der Waals surface area contributed by atoms with Crippen molar-refractivity contribution in [2.75, 3.05) is 5.32 Å². The van der Waals surface area contributed by atoms with Gasteiger partial charge in [-0.25, -0.2) is 0 Å². The number of nitrogens with one attached hydrogen (secondary N) is 1. The summed E-state index contributed by atoms with van der Waals surface area (Å²) >= 11 is 1.60. The molecule has 0 saturated carbocycles. The summed E-state index contributed by atoms with van der Waals surface area (Å²) < 4.78 is 0. The minimum absolute atomic E-state index is 0.0169. The molecule has 1 aromatic carbocycles. The molecule has 3 rings (SSSR count). The van der Waals surface area contributed by atoms with Crippen LogP contribution in [0.2, 0.25) is 0 Å². The zero-order valence-corrected chi connectivity index (χ0v) is 11.3. The Morgan fingerprint density at radius 3 is 3.00 bits per heavy atom. The van der Waals surface area contributed by atoms with E-state index in [1.165, 1.54) is 16.9 Å². The van der Waals surface area contributed by atoms with Gasteiger partial charge < -0.3 is 10.4 Å². The summed E-state index contributed by atoms with van der Waals surface area (Å²) in [6.45, 7) is -0.0169. The van der Waals surface area contributed by atoms with E-state index in [4.69, 9.17) is 5.11 Å². The first-order valence-corrected chi connectivity index (χ1v) is 7.20. The predicted octanol–water partition coefficient (Wildman–Crippen LogP) is 2.98. The molecule has 3 nitrogen and oxygen atoms in total. The Morgan fingerprint density at radius 1 is 1.32 bits per heavy atom. The molecule has 0 bridgehead atoms. The number of carbonyl (C=O) groups excluding carboxylic acids is 1. The molecule has 0 fully saturated rings. The van der Waals surface area contributed by atoms with Crippen molar-refractivity contribution in [3.63, 3.8) is 0 Å². The maximum atomic E-state index is 12.2. The number of benzene rings is 1. The number of amides is 1. The first kappa shape index (κ1) is 12.4. The second-order valence-corrected chi connectivity index (χ2v) is 5.86. The highest BCUT2D eigenvalue weighted by atomic mass is 32.1. The van der Waals surface area contributed by atoms with E-state index < -0.39 is 0 Å². The van der Waals surface area contributed by atoms with Crippen molar-refractivity contribution in [3.05, 3.63) is 51.2 Å². The Morgan fingerprint density at radius 2 is 2.21 bits per heavy atom. The topological polar surface area (TPSA) is 49.3 Å². The van der Waals surface area contributed by atoms with Crippen LogP contribution in [0.3, 0.4) is 0 Å². The normalized spacial score (nSPS) is 13.3. The Labute approximate surface area is 115 Å². The van der Waals surface area contributed by atoms with Crippen molar-refractivity contribution in [2.24, 2.45) is 0 Å². The van der Waals surface area contributed by atoms with Gasteiger partial charge in [0.15, 0.2) is 0 Å². The van der Waals surface area contributed by atoms with Crippen LogP contribution in [-0.4, -0.2) is 11.0 Å². The third kappa shape index (κ3) is 2.55. The molecule has 0 radical (unpaired) electrons. The summed E-state index contributed by atoms with van der Waals surface area (Å²) in [7, 11) is 0. The molecule has 2 N–H and O–H groups in total. The number of hydrogen-bond acceptors (Lipinski definition) is 3. The van der Waals surface area contributed by atoms with Gasteiger partial charge in [-0.2, -0.15) is 0 Å². The largest absolute Gasteiger partial charge is 0.392 e. The lowest BCUT2D eigenvalue weighted by Gasteiger charge is -2.05. The molecular formula is C15H15NO2S. The van der Waals surface area contributed by atoms with Crippen molar-refractivity contribution in [2.45, 2.75) is 25.9 Å². The predicted molar refractivity (Wildman–Crippen MR) is 76.7 cm³/mol. The Bertz CT molecular complexity index is 597. The molecule has 0 unspecified atom stereocenters. The maximum Gasteiger partial charge on any atom is 0.265 e. The first-order chi connectivity index (χ1) is 9.26. The molecule has 1 heterocycles. The lowest BCUT2D eigenvalue weighted by atomic mass is 10.2. The van der Waals surface area contributed by atoms with Crippen LogP contribution in [0.5, 0.6) is 0 Å². The summed E-state index contributed by atoms with van der Waals surface area (Å²) in [6.07, 6.45) is 3.41. The van der Waals surface area contributed by atoms with Crippen molar-refractivity contribution < 1.29 is 9.90 Å². The van der Waals surface area contributed by atoms with Crippen LogP contribution in [0.4, 0.5) is 5.69 Å². The molecule has 4 heteroatoms. The number of carbonyl (C=O) groups is 1. The second-order valence-electron chi connectivity index (χ2n) is 4.73. The van der Waals surface area contributed by atoms with Gasteiger partial charge in [0.25, 0.3) is 5.91 Å². The quantitative estimate of drug-likeness (QED) is 0.903. The molecule has 1 aliphatic rings. The molecular weight excluding hydrogens is 258 g/mol. The first-order valence-electron chi connectivity index (χ1n) is 6.39. The van der Waals surface area contributed by atoms with Gasteiger partial charge in [-0.05, 0) is 48.6 Å². The molecule has 98 valence electrons. The number of aliphatic hydroxyl groups excluding tert-OH is 1. The van der Waals surface area contributed by atoms with Gasteiger partial charge in [0.05, 0.1) is 11.5 Å². The van der Waals surface area contributed by atoms with Gasteiger partial charge in [0.1, 0.15) is 0 Å². The van der Waals surface area contributed by atoms with Crippen LogP contribution < -0.4 is 5.32 Å². The van der Waals surface area contributed by atoms with E-state index in [0.29, 0.717) is 0 Å². The summed E-state index contributed by atoms with van der Waals surface area (Å²) in [6, 6.07) is 9.29. The lowest BCUT2D eigenvalue weighted by molar-refractivity contribution is 0.103. The molecule has 0 saturated heterocycles. The fourth-order valence-corrected chi connectivity index (χ4v) is 3.53. The fraction of sp³-hybridized carbons (Fsp3) is 0.267. The van der Waals surface area contributed by atoms with E-state index in [-0.39, 0.29) is 12.5 Å². The second kappa shape index (κ2) is 5.15. The van der Waals surface area contributed by atoms with Gasteiger partial charge in [-0.3, -0.25) is 4.79 Å². The standard InChI is InChI=1S/C15H15NO2S/c17-9-10-3-1-5-12(7-10)16-15(18)14-8-11-4-2-6-13(11)19-14/h1,3,5,7-8,17H,2,4,6,9H2,(H,16,18). The average molecular weight is 273 g/mol. The summed E-state index contributed by atoms with van der Waals surface area (Å²) in [4.78, 5) is 14.3. The molecule has 0 spiro atoms. The number of aryl methyl sites for hydroxylation is 2. The fourth-order valence-electron chi connectivity index (χ4n) is 2.38. The van der Waals surface area contributed by atoms with E-state index in [1.807, 2.05) is 24.3 Å². The minimum atomic E-state index is -0.0607. The van der Waals surface area contributed by atoms with E-state index in [1.54, 1.807) is 17.4 Å². The van der Waals surface area contributed by atoms with Gasteiger partial charge in [-0.15, -0.1) is 11.3 Å². The molecule has 0 atom stereocenters. The van der Waals surface area contributed by atoms with Crippen LogP contribution in [0.15, 0.2) is 30.3 Å². The molecule has 19 heavy (non-hydrogen) atoms. The Hall–Kier alpha value is -1.65.